The Kier molecular flexibility index (Phi) is 6.16. The molecule has 6 unspecified atom stereocenters. The second kappa shape index (κ2) is 9.28. The largest absolute Gasteiger partial charge is 0.508 e. The number of benzene rings is 2. The lowest BCUT2D eigenvalue weighted by Crippen LogP contribution is -2.49. The SMILES string of the molecule is COc1cc(O)cc(OC)c1C1C2=CCC3C(=O)N(O)C(=O)C3C2CC2C(=O)N(c3ccc(F)c(Cl)c3)C(=O)C21C. The number of amides is 4. The number of imide groups is 2. The number of carbonyl (C=O) groups excluding carboxylic acids is 4. The average Bonchev–Trinajstić information content (AvgIpc) is 3.29. The number of hydrogen-bond donors (Lipinski definition) is 2. The summed E-state index contributed by atoms with van der Waals surface area (Å²) < 4.78 is 25.3. The summed E-state index contributed by atoms with van der Waals surface area (Å²) in [5.74, 6) is -7.41. The van der Waals surface area contributed by atoms with Gasteiger partial charge in [-0.05, 0) is 43.9 Å². The number of carbonyl (C=O) groups is 4. The molecule has 12 heteroatoms. The number of aromatic hydroxyl groups is 1. The molecule has 2 aromatic rings. The van der Waals surface area contributed by atoms with E-state index in [-0.39, 0.29) is 45.9 Å². The first-order chi connectivity index (χ1) is 19.4. The zero-order valence-corrected chi connectivity index (χ0v) is 23.0. The molecule has 0 aromatic heterocycles. The zero-order valence-electron chi connectivity index (χ0n) is 22.3. The zero-order chi connectivity index (χ0) is 29.5. The van der Waals surface area contributed by atoms with Crippen LogP contribution in [-0.4, -0.2) is 53.2 Å². The van der Waals surface area contributed by atoms with Gasteiger partial charge in [0.25, 0.3) is 11.8 Å². The summed E-state index contributed by atoms with van der Waals surface area (Å²) in [5.41, 5.74) is -0.347. The first-order valence-corrected chi connectivity index (χ1v) is 13.4. The molecule has 3 fully saturated rings. The Morgan fingerprint density at radius 1 is 1.00 bits per heavy atom. The molecule has 10 nitrogen and oxygen atoms in total. The van der Waals surface area contributed by atoms with Gasteiger partial charge in [0, 0.05) is 23.6 Å². The van der Waals surface area contributed by atoms with E-state index < -0.39 is 64.5 Å². The van der Waals surface area contributed by atoms with Crippen LogP contribution in [0.15, 0.2) is 42.0 Å². The van der Waals surface area contributed by atoms with Crippen LogP contribution in [-0.2, 0) is 19.2 Å². The van der Waals surface area contributed by atoms with Crippen molar-refractivity contribution in [1.82, 2.24) is 5.06 Å². The first-order valence-electron chi connectivity index (χ1n) is 13.0. The lowest BCUT2D eigenvalue weighted by Gasteiger charge is -2.49. The summed E-state index contributed by atoms with van der Waals surface area (Å²) in [6.07, 6.45) is 1.98. The molecule has 6 rings (SSSR count). The van der Waals surface area contributed by atoms with Crippen molar-refractivity contribution in [2.45, 2.75) is 25.7 Å². The molecular formula is C29H26ClFN2O8. The maximum atomic E-state index is 14.4. The highest BCUT2D eigenvalue weighted by atomic mass is 35.5. The Bertz CT molecular complexity index is 1550. The molecule has 6 atom stereocenters. The summed E-state index contributed by atoms with van der Waals surface area (Å²) in [5, 5.41) is 20.4. The Morgan fingerprint density at radius 3 is 2.27 bits per heavy atom. The van der Waals surface area contributed by atoms with Crippen molar-refractivity contribution in [3.05, 3.63) is 58.4 Å². The predicted octanol–water partition coefficient (Wildman–Crippen LogP) is 3.82. The molecule has 0 spiro atoms. The minimum Gasteiger partial charge on any atom is -0.508 e. The van der Waals surface area contributed by atoms with Gasteiger partial charge in [-0.1, -0.05) is 23.3 Å². The molecule has 1 saturated carbocycles. The van der Waals surface area contributed by atoms with Gasteiger partial charge in [-0.15, -0.1) is 0 Å². The van der Waals surface area contributed by atoms with Crippen LogP contribution >= 0.6 is 11.6 Å². The van der Waals surface area contributed by atoms with Crippen molar-refractivity contribution < 1.29 is 43.4 Å². The number of fused-ring (bicyclic) bond motifs is 4. The number of phenolic OH excluding ortho intramolecular Hbond substituents is 1. The van der Waals surface area contributed by atoms with Crippen LogP contribution in [0.25, 0.3) is 0 Å². The fourth-order valence-corrected chi connectivity index (χ4v) is 7.56. The molecule has 4 amide bonds. The lowest BCUT2D eigenvalue weighted by molar-refractivity contribution is -0.173. The van der Waals surface area contributed by atoms with Gasteiger partial charge in [0.05, 0.1) is 48.1 Å². The minimum atomic E-state index is -1.45. The third-order valence-corrected chi connectivity index (χ3v) is 9.52. The standard InChI is InChI=1S/C29H26ClFN2O8/c1-29-17(26(36)32(28(29)38)12-4-7-19(31)18(30)8-12)11-16-14(5-6-15-22(16)27(37)33(39)25(15)35)24(29)23-20(40-2)9-13(34)10-21(23)41-3/h4-5,7-10,15-17,22,24,34,39H,6,11H2,1-3H3. The Balaban J connectivity index is 1.60. The lowest BCUT2D eigenvalue weighted by atomic mass is 9.51. The summed E-state index contributed by atoms with van der Waals surface area (Å²) in [7, 11) is 2.78. The molecule has 2 heterocycles. The van der Waals surface area contributed by atoms with E-state index >= 15 is 0 Å². The van der Waals surface area contributed by atoms with E-state index in [2.05, 4.69) is 0 Å². The monoisotopic (exact) mass is 584 g/mol. The molecule has 2 aliphatic heterocycles. The van der Waals surface area contributed by atoms with Crippen molar-refractivity contribution in [1.29, 1.82) is 0 Å². The number of nitrogens with zero attached hydrogens (tertiary/aromatic N) is 2. The second-order valence-corrected chi connectivity index (χ2v) is 11.4. The number of hydrogen-bond acceptors (Lipinski definition) is 8. The van der Waals surface area contributed by atoms with Crippen molar-refractivity contribution in [3.8, 4) is 17.2 Å². The van der Waals surface area contributed by atoms with Crippen molar-refractivity contribution in [2.24, 2.45) is 29.1 Å². The molecule has 2 aromatic carbocycles. The summed E-state index contributed by atoms with van der Waals surface area (Å²) >= 11 is 6.01. The smallest absolute Gasteiger partial charge is 0.257 e. The maximum Gasteiger partial charge on any atom is 0.257 e. The highest BCUT2D eigenvalue weighted by Gasteiger charge is 2.68. The van der Waals surface area contributed by atoms with Crippen LogP contribution in [0.1, 0.15) is 31.2 Å². The number of halogens is 2. The number of rotatable bonds is 4. The molecule has 4 aliphatic rings. The first kappa shape index (κ1) is 27.2. The Hall–Kier alpha value is -3.96. The molecule has 41 heavy (non-hydrogen) atoms. The van der Waals surface area contributed by atoms with E-state index in [0.717, 1.165) is 11.0 Å². The summed E-state index contributed by atoms with van der Waals surface area (Å²) in [6, 6.07) is 6.29. The van der Waals surface area contributed by atoms with Gasteiger partial charge in [-0.25, -0.2) is 9.29 Å². The van der Waals surface area contributed by atoms with Crippen LogP contribution in [0.4, 0.5) is 10.1 Å². The molecular weight excluding hydrogens is 559 g/mol. The van der Waals surface area contributed by atoms with E-state index in [1.54, 1.807) is 13.0 Å². The van der Waals surface area contributed by atoms with Crippen LogP contribution in [0, 0.1) is 34.9 Å². The van der Waals surface area contributed by atoms with Crippen molar-refractivity contribution >= 4 is 40.9 Å². The normalized spacial score (nSPS) is 30.7. The average molecular weight is 585 g/mol. The minimum absolute atomic E-state index is 0.0472. The van der Waals surface area contributed by atoms with Crippen LogP contribution < -0.4 is 14.4 Å². The molecule has 0 radical (unpaired) electrons. The molecule has 0 bridgehead atoms. The van der Waals surface area contributed by atoms with E-state index in [0.29, 0.717) is 11.1 Å². The van der Waals surface area contributed by atoms with Gasteiger partial charge >= 0.3 is 0 Å². The highest BCUT2D eigenvalue weighted by molar-refractivity contribution is 6.31. The second-order valence-electron chi connectivity index (χ2n) is 11.0. The van der Waals surface area contributed by atoms with Gasteiger partial charge in [0.2, 0.25) is 11.8 Å². The fourth-order valence-electron chi connectivity index (χ4n) is 7.39. The number of phenols is 1. The third kappa shape index (κ3) is 3.58. The number of ether oxygens (including phenoxy) is 2. The molecule has 2 aliphatic carbocycles. The number of anilines is 1. The number of hydroxylamine groups is 2. The Morgan fingerprint density at radius 2 is 1.66 bits per heavy atom. The van der Waals surface area contributed by atoms with E-state index in [1.165, 1.54) is 38.5 Å². The molecule has 2 saturated heterocycles. The van der Waals surface area contributed by atoms with Crippen LogP contribution in [0.5, 0.6) is 17.2 Å². The summed E-state index contributed by atoms with van der Waals surface area (Å²) in [4.78, 5) is 55.4. The van der Waals surface area contributed by atoms with E-state index in [9.17, 15) is 33.9 Å². The van der Waals surface area contributed by atoms with Gasteiger partial charge in [0.15, 0.2) is 0 Å². The molecule has 214 valence electrons. The van der Waals surface area contributed by atoms with Gasteiger partial charge in [-0.3, -0.25) is 24.4 Å². The van der Waals surface area contributed by atoms with Crippen LogP contribution in [0.2, 0.25) is 5.02 Å². The molecule has 2 N–H and O–H groups in total. The van der Waals surface area contributed by atoms with Gasteiger partial charge in [-0.2, -0.15) is 5.06 Å². The fraction of sp³-hybridized carbons (Fsp3) is 0.379. The maximum absolute atomic E-state index is 14.4. The van der Waals surface area contributed by atoms with Crippen molar-refractivity contribution in [2.75, 3.05) is 19.1 Å². The topological polar surface area (TPSA) is 134 Å². The quantitative estimate of drug-likeness (QED) is 0.315. The van der Waals surface area contributed by atoms with Crippen LogP contribution in [0.3, 0.4) is 0 Å². The Labute approximate surface area is 238 Å². The number of methoxy groups -OCH3 is 2. The number of allylic oxidation sites excluding steroid dienone is 2. The van der Waals surface area contributed by atoms with Gasteiger partial charge in [0.1, 0.15) is 23.1 Å². The summed E-state index contributed by atoms with van der Waals surface area (Å²) in [6.45, 7) is 1.66. The van der Waals surface area contributed by atoms with Gasteiger partial charge < -0.3 is 14.6 Å². The third-order valence-electron chi connectivity index (χ3n) is 9.23. The highest BCUT2D eigenvalue weighted by Crippen LogP contribution is 2.65. The van der Waals surface area contributed by atoms with E-state index in [4.69, 9.17) is 21.1 Å². The van der Waals surface area contributed by atoms with E-state index in [1.807, 2.05) is 0 Å². The predicted molar refractivity (Wildman–Crippen MR) is 141 cm³/mol. The van der Waals surface area contributed by atoms with Crippen molar-refractivity contribution in [3.63, 3.8) is 0 Å².